The fraction of sp³-hybridized carbons (Fsp3) is 0.300. The molecule has 4 heteroatoms. The van der Waals surface area contributed by atoms with Gasteiger partial charge in [-0.1, -0.05) is 6.92 Å². The van der Waals surface area contributed by atoms with Gasteiger partial charge in [0.15, 0.2) is 17.9 Å². The van der Waals surface area contributed by atoms with Gasteiger partial charge >= 0.3 is 0 Å². The molecule has 14 heavy (non-hydrogen) atoms. The molecule has 1 aromatic carbocycles. The number of ether oxygens (including phenoxy) is 1. The van der Waals surface area contributed by atoms with Crippen LogP contribution in [0.2, 0.25) is 0 Å². The number of hydrogen-bond acceptors (Lipinski definition) is 2. The molecule has 0 radical (unpaired) electrons. The fourth-order valence-corrected chi connectivity index (χ4v) is 1.38. The van der Waals surface area contributed by atoms with Crippen molar-refractivity contribution in [2.45, 2.75) is 13.3 Å². The molecule has 0 N–H and O–H groups in total. The minimum atomic E-state index is -0.608. The largest absolute Gasteiger partial charge is 0.491 e. The summed E-state index contributed by atoms with van der Waals surface area (Å²) in [6, 6.07) is 3.10. The van der Waals surface area contributed by atoms with Crippen LogP contribution in [0, 0.1) is 5.82 Å². The lowest BCUT2D eigenvalue weighted by atomic mass is 10.2. The summed E-state index contributed by atoms with van der Waals surface area (Å²) < 4.78 is 19.0. The Labute approximate surface area is 90.2 Å². The van der Waals surface area contributed by atoms with Crippen LogP contribution in [0.5, 0.6) is 5.75 Å². The number of hydrogen-bond donors (Lipinski definition) is 0. The van der Waals surface area contributed by atoms with Crippen LogP contribution < -0.4 is 4.74 Å². The van der Waals surface area contributed by atoms with Crippen LogP contribution in [0.3, 0.4) is 0 Å². The Morgan fingerprint density at radius 3 is 2.86 bits per heavy atom. The average Bonchev–Trinajstić information content (AvgIpc) is 2.18. The first-order valence-corrected chi connectivity index (χ1v) is 5.06. The molecule has 0 fully saturated rings. The first kappa shape index (κ1) is 11.2. The molecule has 0 atom stereocenters. The average molecular weight is 261 g/mol. The predicted molar refractivity (Wildman–Crippen MR) is 55.3 cm³/mol. The lowest BCUT2D eigenvalue weighted by Gasteiger charge is -2.07. The maximum Gasteiger partial charge on any atom is 0.176 e. The van der Waals surface area contributed by atoms with Crippen molar-refractivity contribution >= 4 is 22.2 Å². The molecule has 76 valence electrons. The summed E-state index contributed by atoms with van der Waals surface area (Å²) in [4.78, 5) is 10.5. The maximum absolute atomic E-state index is 13.5. The quantitative estimate of drug-likeness (QED) is 0.778. The second-order valence-corrected chi connectivity index (χ2v) is 3.59. The van der Waals surface area contributed by atoms with E-state index in [0.29, 0.717) is 17.4 Å². The van der Waals surface area contributed by atoms with Gasteiger partial charge in [-0.3, -0.25) is 4.79 Å². The van der Waals surface area contributed by atoms with E-state index < -0.39 is 5.82 Å². The van der Waals surface area contributed by atoms with Crippen molar-refractivity contribution in [2.75, 3.05) is 6.61 Å². The van der Waals surface area contributed by atoms with Crippen molar-refractivity contribution < 1.29 is 13.9 Å². The molecule has 0 spiro atoms. The van der Waals surface area contributed by atoms with Crippen molar-refractivity contribution in [3.05, 3.63) is 28.0 Å². The van der Waals surface area contributed by atoms with E-state index in [0.717, 1.165) is 6.42 Å². The highest BCUT2D eigenvalue weighted by Crippen LogP contribution is 2.26. The monoisotopic (exact) mass is 260 g/mol. The van der Waals surface area contributed by atoms with Gasteiger partial charge in [-0.2, -0.15) is 0 Å². The summed E-state index contributed by atoms with van der Waals surface area (Å²) >= 11 is 3.08. The van der Waals surface area contributed by atoms with Crippen LogP contribution in [0.25, 0.3) is 0 Å². The summed E-state index contributed by atoms with van der Waals surface area (Å²) in [7, 11) is 0. The highest BCUT2D eigenvalue weighted by atomic mass is 79.9. The second-order valence-electron chi connectivity index (χ2n) is 2.74. The van der Waals surface area contributed by atoms with Crippen molar-refractivity contribution in [3.63, 3.8) is 0 Å². The number of benzene rings is 1. The van der Waals surface area contributed by atoms with Crippen LogP contribution in [0.1, 0.15) is 23.7 Å². The van der Waals surface area contributed by atoms with Crippen LogP contribution in [-0.2, 0) is 0 Å². The minimum Gasteiger partial charge on any atom is -0.491 e. The molecule has 1 aromatic rings. The molecule has 1 rings (SSSR count). The van der Waals surface area contributed by atoms with E-state index >= 15 is 0 Å². The molecule has 0 aliphatic carbocycles. The molecule has 0 saturated heterocycles. The molecule has 0 amide bonds. The molecule has 0 bridgehead atoms. The molecule has 0 aliphatic rings. The second kappa shape index (κ2) is 5.10. The number of aldehydes is 1. The Bertz CT molecular complexity index is 339. The van der Waals surface area contributed by atoms with Crippen LogP contribution >= 0.6 is 15.9 Å². The summed E-state index contributed by atoms with van der Waals surface area (Å²) in [6.07, 6.45) is 1.27. The van der Waals surface area contributed by atoms with Crippen LogP contribution in [0.4, 0.5) is 4.39 Å². The zero-order valence-corrected chi connectivity index (χ0v) is 9.30. The standard InChI is InChI=1S/C10H10BrFO2/c1-2-5-14-9-4-3-8(11)7(6-13)10(9)12/h3-4,6H,2,5H2,1H3. The Kier molecular flexibility index (Phi) is 4.07. The highest BCUT2D eigenvalue weighted by Gasteiger charge is 2.11. The van der Waals surface area contributed by atoms with Gasteiger partial charge in [-0.25, -0.2) is 4.39 Å². The normalized spacial score (nSPS) is 9.93. The molecule has 2 nitrogen and oxygen atoms in total. The summed E-state index contributed by atoms with van der Waals surface area (Å²) in [5.41, 5.74) is -0.00129. The minimum absolute atomic E-state index is 0.00129. The maximum atomic E-state index is 13.5. The molecule has 0 aliphatic heterocycles. The Morgan fingerprint density at radius 1 is 1.57 bits per heavy atom. The predicted octanol–water partition coefficient (Wildman–Crippen LogP) is 3.19. The first-order valence-electron chi connectivity index (χ1n) is 4.26. The third-order valence-corrected chi connectivity index (χ3v) is 2.36. The molecular weight excluding hydrogens is 251 g/mol. The van der Waals surface area contributed by atoms with E-state index in [2.05, 4.69) is 15.9 Å². The third kappa shape index (κ3) is 2.32. The number of rotatable bonds is 4. The molecular formula is C10H10BrFO2. The van der Waals surface area contributed by atoms with Gasteiger partial charge < -0.3 is 4.74 Å². The third-order valence-electron chi connectivity index (χ3n) is 1.67. The molecule has 0 unspecified atom stereocenters. The molecule has 0 saturated carbocycles. The molecule has 0 heterocycles. The van der Waals surface area contributed by atoms with E-state index in [1.807, 2.05) is 6.92 Å². The van der Waals surface area contributed by atoms with E-state index in [9.17, 15) is 9.18 Å². The SMILES string of the molecule is CCCOc1ccc(Br)c(C=O)c1F. The van der Waals surface area contributed by atoms with Gasteiger partial charge in [0.2, 0.25) is 0 Å². The zero-order chi connectivity index (χ0) is 10.6. The van der Waals surface area contributed by atoms with Gasteiger partial charge in [0.1, 0.15) is 0 Å². The number of halogens is 2. The summed E-state index contributed by atoms with van der Waals surface area (Å²) in [5.74, 6) is -0.486. The van der Waals surface area contributed by atoms with Gasteiger partial charge in [-0.05, 0) is 34.5 Å². The van der Waals surface area contributed by atoms with Crippen molar-refractivity contribution in [1.29, 1.82) is 0 Å². The van der Waals surface area contributed by atoms with Crippen molar-refractivity contribution in [2.24, 2.45) is 0 Å². The van der Waals surface area contributed by atoms with E-state index in [-0.39, 0.29) is 11.3 Å². The lowest BCUT2D eigenvalue weighted by molar-refractivity contribution is 0.111. The van der Waals surface area contributed by atoms with E-state index in [1.165, 1.54) is 6.07 Å². The Hall–Kier alpha value is -0.900. The fourth-order valence-electron chi connectivity index (χ4n) is 0.981. The first-order chi connectivity index (χ1) is 6.70. The van der Waals surface area contributed by atoms with Gasteiger partial charge in [0.25, 0.3) is 0 Å². The van der Waals surface area contributed by atoms with E-state index in [4.69, 9.17) is 4.74 Å². The highest BCUT2D eigenvalue weighted by molar-refractivity contribution is 9.10. The summed E-state index contributed by atoms with van der Waals surface area (Å²) in [5, 5.41) is 0. The lowest BCUT2D eigenvalue weighted by Crippen LogP contribution is -2.00. The topological polar surface area (TPSA) is 26.3 Å². The van der Waals surface area contributed by atoms with Crippen LogP contribution in [0.15, 0.2) is 16.6 Å². The van der Waals surface area contributed by atoms with E-state index in [1.54, 1.807) is 6.07 Å². The summed E-state index contributed by atoms with van der Waals surface area (Å²) in [6.45, 7) is 2.37. The Morgan fingerprint density at radius 2 is 2.29 bits per heavy atom. The number of carbonyl (C=O) groups excluding carboxylic acids is 1. The van der Waals surface area contributed by atoms with Crippen LogP contribution in [-0.4, -0.2) is 12.9 Å². The van der Waals surface area contributed by atoms with Gasteiger partial charge in [0.05, 0.1) is 12.2 Å². The smallest absolute Gasteiger partial charge is 0.176 e. The van der Waals surface area contributed by atoms with Crippen molar-refractivity contribution in [3.8, 4) is 5.75 Å². The van der Waals surface area contributed by atoms with Crippen molar-refractivity contribution in [1.82, 2.24) is 0 Å². The molecule has 0 aromatic heterocycles. The zero-order valence-electron chi connectivity index (χ0n) is 7.72. The number of carbonyl (C=O) groups is 1. The van der Waals surface area contributed by atoms with Gasteiger partial charge in [-0.15, -0.1) is 0 Å². The van der Waals surface area contributed by atoms with Gasteiger partial charge in [0, 0.05) is 4.47 Å². The Balaban J connectivity index is 3.02.